The van der Waals surface area contributed by atoms with Crippen LogP contribution in [0.15, 0.2) is 0 Å². The van der Waals surface area contributed by atoms with E-state index in [0.717, 1.165) is 25.7 Å². The van der Waals surface area contributed by atoms with Gasteiger partial charge in [0, 0.05) is 6.54 Å². The van der Waals surface area contributed by atoms with Crippen molar-refractivity contribution < 1.29 is 24.5 Å². The second-order valence-corrected chi connectivity index (χ2v) is 5.45. The molecule has 1 aliphatic heterocycles. The zero-order valence-electron chi connectivity index (χ0n) is 10.9. The second kappa shape index (κ2) is 6.34. The number of hydrogen-bond acceptors (Lipinski definition) is 4. The highest BCUT2D eigenvalue weighted by Gasteiger charge is 2.34. The molecule has 2 fully saturated rings. The van der Waals surface area contributed by atoms with Gasteiger partial charge in [-0.2, -0.15) is 0 Å². The molecule has 1 aliphatic carbocycles. The van der Waals surface area contributed by atoms with Crippen LogP contribution in [-0.2, 0) is 14.3 Å². The maximum absolute atomic E-state index is 11.8. The molecule has 0 radical (unpaired) electrons. The van der Waals surface area contributed by atoms with Gasteiger partial charge in [-0.15, -0.1) is 0 Å². The summed E-state index contributed by atoms with van der Waals surface area (Å²) in [4.78, 5) is 22.6. The standard InChI is InChI=1S/C13H21NO5/c15-9-3-1-8(2-4-9)7-14-12(16)10-5-6-11(19-10)13(17)18/h8-11,15H,1-7H2,(H,14,16)(H,17,18). The molecule has 2 unspecified atom stereocenters. The van der Waals surface area contributed by atoms with Gasteiger partial charge in [0.15, 0.2) is 6.10 Å². The molecule has 1 saturated heterocycles. The van der Waals surface area contributed by atoms with Gasteiger partial charge in [-0.3, -0.25) is 4.79 Å². The van der Waals surface area contributed by atoms with Crippen LogP contribution in [0.25, 0.3) is 0 Å². The minimum absolute atomic E-state index is 0.193. The summed E-state index contributed by atoms with van der Waals surface area (Å²) in [5.74, 6) is -0.810. The number of aliphatic carboxylic acids is 1. The van der Waals surface area contributed by atoms with E-state index in [1.165, 1.54) is 0 Å². The van der Waals surface area contributed by atoms with Crippen molar-refractivity contribution >= 4 is 11.9 Å². The molecule has 1 amide bonds. The van der Waals surface area contributed by atoms with Crippen LogP contribution in [-0.4, -0.2) is 46.9 Å². The van der Waals surface area contributed by atoms with Crippen LogP contribution in [0.1, 0.15) is 38.5 Å². The first kappa shape index (κ1) is 14.3. The number of hydrogen-bond donors (Lipinski definition) is 3. The Morgan fingerprint density at radius 2 is 1.68 bits per heavy atom. The lowest BCUT2D eigenvalue weighted by Gasteiger charge is -2.25. The summed E-state index contributed by atoms with van der Waals surface area (Å²) in [6.07, 6.45) is 2.62. The number of carboxylic acids is 1. The summed E-state index contributed by atoms with van der Waals surface area (Å²) in [6, 6.07) is 0. The van der Waals surface area contributed by atoms with Crippen molar-refractivity contribution in [2.24, 2.45) is 5.92 Å². The van der Waals surface area contributed by atoms with E-state index in [0.29, 0.717) is 25.3 Å². The topological polar surface area (TPSA) is 95.9 Å². The van der Waals surface area contributed by atoms with Gasteiger partial charge in [0.2, 0.25) is 5.91 Å². The fourth-order valence-corrected chi connectivity index (χ4v) is 2.72. The normalized spacial score (nSPS) is 35.0. The molecule has 2 rings (SSSR count). The Kier molecular flexibility index (Phi) is 4.76. The van der Waals surface area contributed by atoms with Crippen LogP contribution in [0, 0.1) is 5.92 Å². The Balaban J connectivity index is 1.69. The van der Waals surface area contributed by atoms with E-state index in [1.807, 2.05) is 0 Å². The summed E-state index contributed by atoms with van der Waals surface area (Å²) in [5, 5.41) is 21.0. The van der Waals surface area contributed by atoms with E-state index in [2.05, 4.69) is 5.32 Å². The number of carbonyl (C=O) groups excluding carboxylic acids is 1. The molecule has 1 heterocycles. The van der Waals surface area contributed by atoms with Crippen molar-refractivity contribution in [2.75, 3.05) is 6.54 Å². The Bertz CT molecular complexity index is 338. The molecule has 3 N–H and O–H groups in total. The number of carbonyl (C=O) groups is 2. The predicted octanol–water partition coefficient (Wildman–Crippen LogP) is 0.286. The maximum Gasteiger partial charge on any atom is 0.332 e. The van der Waals surface area contributed by atoms with Crippen molar-refractivity contribution in [2.45, 2.75) is 56.8 Å². The zero-order chi connectivity index (χ0) is 13.8. The Morgan fingerprint density at radius 1 is 1.05 bits per heavy atom. The van der Waals surface area contributed by atoms with Gasteiger partial charge in [0.05, 0.1) is 6.10 Å². The number of rotatable bonds is 4. The summed E-state index contributed by atoms with van der Waals surface area (Å²) in [7, 11) is 0. The average Bonchev–Trinajstić information content (AvgIpc) is 2.87. The first-order valence-electron chi connectivity index (χ1n) is 6.90. The maximum atomic E-state index is 11.8. The van der Waals surface area contributed by atoms with Gasteiger partial charge in [0.1, 0.15) is 6.10 Å². The second-order valence-electron chi connectivity index (χ2n) is 5.45. The van der Waals surface area contributed by atoms with Crippen LogP contribution >= 0.6 is 0 Å². The monoisotopic (exact) mass is 271 g/mol. The van der Waals surface area contributed by atoms with Crippen LogP contribution in [0.4, 0.5) is 0 Å². The van der Waals surface area contributed by atoms with Gasteiger partial charge < -0.3 is 20.3 Å². The number of amides is 1. The fraction of sp³-hybridized carbons (Fsp3) is 0.846. The zero-order valence-corrected chi connectivity index (χ0v) is 10.9. The molecule has 108 valence electrons. The van der Waals surface area contributed by atoms with E-state index in [-0.39, 0.29) is 12.0 Å². The first-order chi connectivity index (χ1) is 9.06. The van der Waals surface area contributed by atoms with Gasteiger partial charge in [-0.1, -0.05) is 0 Å². The minimum Gasteiger partial charge on any atom is -0.479 e. The lowest BCUT2D eigenvalue weighted by Crippen LogP contribution is -2.39. The van der Waals surface area contributed by atoms with Crippen molar-refractivity contribution in [3.05, 3.63) is 0 Å². The molecule has 0 aromatic heterocycles. The van der Waals surface area contributed by atoms with E-state index in [4.69, 9.17) is 9.84 Å². The third-order valence-electron chi connectivity index (χ3n) is 3.97. The highest BCUT2D eigenvalue weighted by Crippen LogP contribution is 2.24. The molecular weight excluding hydrogens is 250 g/mol. The lowest BCUT2D eigenvalue weighted by molar-refractivity contribution is -0.151. The average molecular weight is 271 g/mol. The molecule has 6 heteroatoms. The lowest BCUT2D eigenvalue weighted by atomic mass is 9.87. The molecule has 0 aromatic carbocycles. The molecule has 1 saturated carbocycles. The largest absolute Gasteiger partial charge is 0.479 e. The SMILES string of the molecule is O=C(O)C1CCC(C(=O)NCC2CCC(O)CC2)O1. The van der Waals surface area contributed by atoms with Crippen LogP contribution < -0.4 is 5.32 Å². The Morgan fingerprint density at radius 3 is 2.26 bits per heavy atom. The first-order valence-corrected chi connectivity index (χ1v) is 6.90. The van der Waals surface area contributed by atoms with E-state index < -0.39 is 18.2 Å². The molecule has 0 aromatic rings. The van der Waals surface area contributed by atoms with Crippen LogP contribution in [0.5, 0.6) is 0 Å². The molecule has 2 aliphatic rings. The third-order valence-corrected chi connectivity index (χ3v) is 3.97. The summed E-state index contributed by atoms with van der Waals surface area (Å²) >= 11 is 0. The smallest absolute Gasteiger partial charge is 0.332 e. The van der Waals surface area contributed by atoms with Crippen LogP contribution in [0.3, 0.4) is 0 Å². The van der Waals surface area contributed by atoms with E-state index >= 15 is 0 Å². The van der Waals surface area contributed by atoms with Crippen molar-refractivity contribution in [3.8, 4) is 0 Å². The summed E-state index contributed by atoms with van der Waals surface area (Å²) < 4.78 is 5.19. The number of carboxylic acid groups (broad SMARTS) is 1. The molecule has 0 bridgehead atoms. The number of nitrogens with one attached hydrogen (secondary N) is 1. The van der Waals surface area contributed by atoms with Crippen LogP contribution in [0.2, 0.25) is 0 Å². The molecular formula is C13H21NO5. The molecule has 19 heavy (non-hydrogen) atoms. The number of aliphatic hydroxyl groups excluding tert-OH is 1. The molecule has 2 atom stereocenters. The summed E-state index contributed by atoms with van der Waals surface area (Å²) in [6.45, 7) is 0.586. The number of aliphatic hydroxyl groups is 1. The third kappa shape index (κ3) is 3.91. The molecule has 0 spiro atoms. The van der Waals surface area contributed by atoms with Crippen molar-refractivity contribution in [1.82, 2.24) is 5.32 Å². The van der Waals surface area contributed by atoms with Crippen molar-refractivity contribution in [1.29, 1.82) is 0 Å². The predicted molar refractivity (Wildman–Crippen MR) is 66.5 cm³/mol. The van der Waals surface area contributed by atoms with Gasteiger partial charge in [-0.25, -0.2) is 4.79 Å². The molecule has 6 nitrogen and oxygen atoms in total. The van der Waals surface area contributed by atoms with Crippen molar-refractivity contribution in [3.63, 3.8) is 0 Å². The Labute approximate surface area is 112 Å². The van der Waals surface area contributed by atoms with E-state index in [1.54, 1.807) is 0 Å². The fourth-order valence-electron chi connectivity index (χ4n) is 2.72. The highest BCUT2D eigenvalue weighted by atomic mass is 16.5. The van der Waals surface area contributed by atoms with E-state index in [9.17, 15) is 14.7 Å². The quantitative estimate of drug-likeness (QED) is 0.683. The Hall–Kier alpha value is -1.14. The minimum atomic E-state index is -1.00. The van der Waals surface area contributed by atoms with Gasteiger partial charge in [-0.05, 0) is 44.4 Å². The highest BCUT2D eigenvalue weighted by molar-refractivity contribution is 5.82. The van der Waals surface area contributed by atoms with Gasteiger partial charge in [0.25, 0.3) is 0 Å². The van der Waals surface area contributed by atoms with Gasteiger partial charge >= 0.3 is 5.97 Å². The summed E-state index contributed by atoms with van der Waals surface area (Å²) in [5.41, 5.74) is 0. The number of ether oxygens (including phenoxy) is 1.